The van der Waals surface area contributed by atoms with Gasteiger partial charge in [0.1, 0.15) is 11.8 Å². The molecule has 0 aromatic heterocycles. The van der Waals surface area contributed by atoms with Crippen LogP contribution in [-0.2, 0) is 9.53 Å². The van der Waals surface area contributed by atoms with Crippen LogP contribution in [0.25, 0.3) is 0 Å². The first-order chi connectivity index (χ1) is 6.20. The largest absolute Gasteiger partial charge is 0.509 e. The molecule has 5 heteroatoms. The van der Waals surface area contributed by atoms with Gasteiger partial charge in [-0.3, -0.25) is 4.79 Å². The van der Waals surface area contributed by atoms with Crippen LogP contribution in [0.15, 0.2) is 11.3 Å². The fraction of sp³-hybridized carbons (Fsp3) is 0.500. The van der Waals surface area contributed by atoms with E-state index in [2.05, 4.69) is 0 Å². The zero-order chi connectivity index (χ0) is 9.84. The molecule has 0 aliphatic carbocycles. The molecule has 0 aromatic carbocycles. The number of nitrogens with zero attached hydrogens (tertiary/aromatic N) is 2. The molecule has 1 N–H and O–H groups in total. The molecule has 1 aliphatic rings. The van der Waals surface area contributed by atoms with Gasteiger partial charge in [-0.2, -0.15) is 5.26 Å². The molecule has 13 heavy (non-hydrogen) atoms. The van der Waals surface area contributed by atoms with Gasteiger partial charge in [-0.1, -0.05) is 0 Å². The van der Waals surface area contributed by atoms with Gasteiger partial charge in [0.15, 0.2) is 5.57 Å². The summed E-state index contributed by atoms with van der Waals surface area (Å²) >= 11 is 0. The molecule has 1 aliphatic heterocycles. The zero-order valence-corrected chi connectivity index (χ0v) is 7.28. The molecule has 0 bridgehead atoms. The highest BCUT2D eigenvalue weighted by molar-refractivity contribution is 6.00. The molecular formula is C8H10N2O3. The number of carbonyl (C=O) groups is 1. The third-order valence-electron chi connectivity index (χ3n) is 1.81. The van der Waals surface area contributed by atoms with Gasteiger partial charge in [0.2, 0.25) is 0 Å². The van der Waals surface area contributed by atoms with Gasteiger partial charge in [-0.05, 0) is 0 Å². The van der Waals surface area contributed by atoms with Crippen LogP contribution >= 0.6 is 0 Å². The molecule has 0 saturated heterocycles. The Kier molecular flexibility index (Phi) is 2.88. The first-order valence-electron chi connectivity index (χ1n) is 3.81. The SMILES string of the molecule is COCCN1CC(O)=C(C#N)C1=O. The van der Waals surface area contributed by atoms with Crippen LogP contribution in [0.4, 0.5) is 0 Å². The van der Waals surface area contributed by atoms with Gasteiger partial charge in [0, 0.05) is 13.7 Å². The summed E-state index contributed by atoms with van der Waals surface area (Å²) in [6.45, 7) is 0.910. The number of hydrogen-bond donors (Lipinski definition) is 1. The van der Waals surface area contributed by atoms with Crippen LogP contribution in [0.5, 0.6) is 0 Å². The summed E-state index contributed by atoms with van der Waals surface area (Å²) in [6, 6.07) is 1.67. The number of carbonyl (C=O) groups excluding carboxylic acids is 1. The molecule has 1 heterocycles. The average Bonchev–Trinajstić information content (AvgIpc) is 2.38. The number of ether oxygens (including phenoxy) is 1. The summed E-state index contributed by atoms with van der Waals surface area (Å²) < 4.78 is 4.78. The lowest BCUT2D eigenvalue weighted by atomic mass is 10.3. The molecule has 0 fully saturated rings. The fourth-order valence-electron chi connectivity index (χ4n) is 1.11. The van der Waals surface area contributed by atoms with Crippen molar-refractivity contribution >= 4 is 5.91 Å². The number of hydrogen-bond acceptors (Lipinski definition) is 4. The van der Waals surface area contributed by atoms with E-state index in [-0.39, 0.29) is 17.9 Å². The normalized spacial score (nSPS) is 16.6. The van der Waals surface area contributed by atoms with E-state index in [0.717, 1.165) is 0 Å². The summed E-state index contributed by atoms with van der Waals surface area (Å²) in [4.78, 5) is 12.7. The lowest BCUT2D eigenvalue weighted by Crippen LogP contribution is -2.30. The molecule has 5 nitrogen and oxygen atoms in total. The van der Waals surface area contributed by atoms with E-state index >= 15 is 0 Å². The van der Waals surface area contributed by atoms with Gasteiger partial charge >= 0.3 is 0 Å². The van der Waals surface area contributed by atoms with E-state index in [1.165, 1.54) is 12.0 Å². The van der Waals surface area contributed by atoms with Gasteiger partial charge < -0.3 is 14.7 Å². The van der Waals surface area contributed by atoms with Crippen molar-refractivity contribution in [3.8, 4) is 6.07 Å². The number of aliphatic hydroxyl groups is 1. The van der Waals surface area contributed by atoms with Crippen LogP contribution in [0.3, 0.4) is 0 Å². The number of rotatable bonds is 3. The fourth-order valence-corrected chi connectivity index (χ4v) is 1.11. The Hall–Kier alpha value is -1.54. The van der Waals surface area contributed by atoms with E-state index in [1.54, 1.807) is 6.07 Å². The van der Waals surface area contributed by atoms with E-state index in [1.807, 2.05) is 0 Å². The monoisotopic (exact) mass is 182 g/mol. The minimum Gasteiger partial charge on any atom is -0.509 e. The van der Waals surface area contributed by atoms with Crippen LogP contribution in [-0.4, -0.2) is 42.7 Å². The van der Waals surface area contributed by atoms with Crippen molar-refractivity contribution < 1.29 is 14.6 Å². The van der Waals surface area contributed by atoms with Crippen LogP contribution < -0.4 is 0 Å². The molecule has 1 amide bonds. The Morgan fingerprint density at radius 1 is 1.77 bits per heavy atom. The maximum Gasteiger partial charge on any atom is 0.268 e. The van der Waals surface area contributed by atoms with E-state index in [4.69, 9.17) is 10.00 Å². The second-order valence-corrected chi connectivity index (χ2v) is 2.65. The van der Waals surface area contributed by atoms with Gasteiger partial charge in [0.05, 0.1) is 13.2 Å². The first kappa shape index (κ1) is 9.55. The van der Waals surface area contributed by atoms with E-state index < -0.39 is 5.91 Å². The predicted molar refractivity (Wildman–Crippen MR) is 43.7 cm³/mol. The third kappa shape index (κ3) is 1.79. The highest BCUT2D eigenvalue weighted by atomic mass is 16.5. The van der Waals surface area contributed by atoms with Crippen LogP contribution in [0.1, 0.15) is 0 Å². The number of methoxy groups -OCH3 is 1. The third-order valence-corrected chi connectivity index (χ3v) is 1.81. The Bertz CT molecular complexity index is 290. The highest BCUT2D eigenvalue weighted by Crippen LogP contribution is 2.15. The van der Waals surface area contributed by atoms with Crippen molar-refractivity contribution in [2.45, 2.75) is 0 Å². The highest BCUT2D eigenvalue weighted by Gasteiger charge is 2.29. The summed E-state index contributed by atoms with van der Waals surface area (Å²) in [5.74, 6) is -0.569. The van der Waals surface area contributed by atoms with Crippen molar-refractivity contribution in [2.24, 2.45) is 0 Å². The quantitative estimate of drug-likeness (QED) is 0.656. The lowest BCUT2D eigenvalue weighted by Gasteiger charge is -2.14. The molecule has 1 rings (SSSR count). The lowest BCUT2D eigenvalue weighted by molar-refractivity contribution is -0.125. The maximum absolute atomic E-state index is 11.3. The first-order valence-corrected chi connectivity index (χ1v) is 3.81. The van der Waals surface area contributed by atoms with Crippen molar-refractivity contribution in [1.82, 2.24) is 4.90 Å². The molecule has 0 aromatic rings. The zero-order valence-electron chi connectivity index (χ0n) is 7.28. The number of nitriles is 1. The standard InChI is InChI=1S/C8H10N2O3/c1-13-3-2-10-5-7(11)6(4-9)8(10)12/h11H,2-3,5H2,1H3. The van der Waals surface area contributed by atoms with Crippen LogP contribution in [0, 0.1) is 11.3 Å². The minimum absolute atomic E-state index is 0.116. The Morgan fingerprint density at radius 3 is 2.92 bits per heavy atom. The smallest absolute Gasteiger partial charge is 0.268 e. The number of aliphatic hydroxyl groups excluding tert-OH is 1. The van der Waals surface area contributed by atoms with Crippen molar-refractivity contribution in [3.05, 3.63) is 11.3 Å². The van der Waals surface area contributed by atoms with Gasteiger partial charge in [-0.25, -0.2) is 0 Å². The molecule has 0 radical (unpaired) electrons. The topological polar surface area (TPSA) is 73.6 Å². The molecule has 0 atom stereocenters. The summed E-state index contributed by atoms with van der Waals surface area (Å²) in [7, 11) is 1.53. The van der Waals surface area contributed by atoms with Gasteiger partial charge in [0.25, 0.3) is 5.91 Å². The van der Waals surface area contributed by atoms with E-state index in [0.29, 0.717) is 13.2 Å². The van der Waals surface area contributed by atoms with Crippen molar-refractivity contribution in [2.75, 3.05) is 26.8 Å². The Balaban J connectivity index is 2.61. The molecule has 0 saturated carbocycles. The van der Waals surface area contributed by atoms with E-state index in [9.17, 15) is 9.90 Å². The Morgan fingerprint density at radius 2 is 2.46 bits per heavy atom. The Labute approximate surface area is 75.8 Å². The van der Waals surface area contributed by atoms with Crippen molar-refractivity contribution in [3.63, 3.8) is 0 Å². The maximum atomic E-state index is 11.3. The van der Waals surface area contributed by atoms with Gasteiger partial charge in [-0.15, -0.1) is 0 Å². The number of amides is 1. The average molecular weight is 182 g/mol. The van der Waals surface area contributed by atoms with Crippen LogP contribution in [0.2, 0.25) is 0 Å². The molecular weight excluding hydrogens is 172 g/mol. The minimum atomic E-state index is -0.419. The summed E-state index contributed by atoms with van der Waals surface area (Å²) in [5, 5.41) is 17.7. The molecule has 0 spiro atoms. The molecule has 0 unspecified atom stereocenters. The second-order valence-electron chi connectivity index (χ2n) is 2.65. The predicted octanol–water partition coefficient (Wildman–Crippen LogP) is -0.189. The molecule has 70 valence electrons. The summed E-state index contributed by atoms with van der Waals surface area (Å²) in [5.41, 5.74) is -0.156. The second kappa shape index (κ2) is 3.92. The van der Waals surface area contributed by atoms with Crippen molar-refractivity contribution in [1.29, 1.82) is 5.26 Å². The summed E-state index contributed by atoms with van der Waals surface area (Å²) in [6.07, 6.45) is 0.